The van der Waals surface area contributed by atoms with Crippen LogP contribution in [0.15, 0.2) is 0 Å². The monoisotopic (exact) mass is 323 g/mol. The van der Waals surface area contributed by atoms with Crippen molar-refractivity contribution in [2.45, 2.75) is 59.4 Å². The minimum absolute atomic E-state index is 0.455. The quantitative estimate of drug-likeness (QED) is 0.531. The van der Waals surface area contributed by atoms with Gasteiger partial charge in [-0.2, -0.15) is 0 Å². The molecule has 0 aliphatic heterocycles. The summed E-state index contributed by atoms with van der Waals surface area (Å²) in [5.41, 5.74) is 1.00. The first kappa shape index (κ1) is 13.8. The summed E-state index contributed by atoms with van der Waals surface area (Å²) in [5, 5.41) is 0. The molecule has 1 aliphatic carbocycles. The highest BCUT2D eigenvalue weighted by atomic mass is 127. The average Bonchev–Trinajstić information content (AvgIpc) is 2.73. The number of hydrogen-bond acceptors (Lipinski definition) is 1. The van der Waals surface area contributed by atoms with Crippen molar-refractivity contribution in [2.24, 2.45) is 17.3 Å². The van der Waals surface area contributed by atoms with Crippen LogP contribution >= 0.6 is 22.9 Å². The molecular formula is C13H26IN. The summed E-state index contributed by atoms with van der Waals surface area (Å²) in [6.45, 7) is 11.9. The van der Waals surface area contributed by atoms with E-state index in [1.165, 1.54) is 19.3 Å². The van der Waals surface area contributed by atoms with Gasteiger partial charge in [-0.3, -0.25) is 0 Å². The van der Waals surface area contributed by atoms with E-state index in [0.29, 0.717) is 11.0 Å². The van der Waals surface area contributed by atoms with E-state index in [2.05, 4.69) is 67.6 Å². The molecule has 1 nitrogen and oxygen atoms in total. The first-order valence-electron chi connectivity index (χ1n) is 6.19. The molecular weight excluding hydrogens is 297 g/mol. The van der Waals surface area contributed by atoms with Crippen LogP contribution in [0.3, 0.4) is 0 Å². The van der Waals surface area contributed by atoms with E-state index in [4.69, 9.17) is 0 Å². The van der Waals surface area contributed by atoms with Gasteiger partial charge >= 0.3 is 0 Å². The first-order chi connectivity index (χ1) is 6.80. The van der Waals surface area contributed by atoms with E-state index in [1.54, 1.807) is 0 Å². The van der Waals surface area contributed by atoms with Crippen LogP contribution in [0, 0.1) is 17.3 Å². The van der Waals surface area contributed by atoms with Crippen molar-refractivity contribution in [3.05, 3.63) is 0 Å². The molecule has 3 atom stereocenters. The zero-order valence-corrected chi connectivity index (χ0v) is 13.3. The normalized spacial score (nSPS) is 37.4. The summed E-state index contributed by atoms with van der Waals surface area (Å²) in [5.74, 6) is 1.63. The Morgan fingerprint density at radius 2 is 1.87 bits per heavy atom. The maximum Gasteiger partial charge on any atom is 0.0385 e. The lowest BCUT2D eigenvalue weighted by atomic mass is 9.85. The Bertz CT molecular complexity index is 217. The van der Waals surface area contributed by atoms with Gasteiger partial charge in [0.15, 0.2) is 0 Å². The predicted octanol–water partition coefficient (Wildman–Crippen LogP) is 4.51. The van der Waals surface area contributed by atoms with Crippen LogP contribution in [-0.2, 0) is 0 Å². The Kier molecular flexibility index (Phi) is 4.14. The molecule has 0 heterocycles. The van der Waals surface area contributed by atoms with Gasteiger partial charge in [-0.05, 0) is 37.1 Å². The third-order valence-electron chi connectivity index (χ3n) is 4.58. The highest BCUT2D eigenvalue weighted by molar-refractivity contribution is 14.1. The van der Waals surface area contributed by atoms with Gasteiger partial charge in [-0.15, -0.1) is 0 Å². The molecule has 0 spiro atoms. The molecule has 1 aliphatic rings. The van der Waals surface area contributed by atoms with Gasteiger partial charge in [0, 0.05) is 28.4 Å². The second-order valence-corrected chi connectivity index (χ2v) is 7.46. The van der Waals surface area contributed by atoms with Crippen molar-refractivity contribution in [1.29, 1.82) is 0 Å². The molecule has 0 amide bonds. The summed E-state index contributed by atoms with van der Waals surface area (Å²) in [6.07, 6.45) is 4.07. The second-order valence-electron chi connectivity index (χ2n) is 6.01. The van der Waals surface area contributed by atoms with Gasteiger partial charge in [0.05, 0.1) is 0 Å². The average molecular weight is 323 g/mol. The second kappa shape index (κ2) is 4.52. The number of rotatable bonds is 5. The predicted molar refractivity (Wildman–Crippen MR) is 76.1 cm³/mol. The smallest absolute Gasteiger partial charge is 0.0385 e. The molecule has 90 valence electrons. The fourth-order valence-corrected chi connectivity index (χ4v) is 4.76. The third kappa shape index (κ3) is 2.21. The van der Waals surface area contributed by atoms with Crippen LogP contribution in [0.2, 0.25) is 0 Å². The highest BCUT2D eigenvalue weighted by Gasteiger charge is 2.67. The van der Waals surface area contributed by atoms with Crippen LogP contribution in [0.25, 0.3) is 0 Å². The lowest BCUT2D eigenvalue weighted by molar-refractivity contribution is 0.216. The van der Waals surface area contributed by atoms with Crippen molar-refractivity contribution in [3.63, 3.8) is 0 Å². The van der Waals surface area contributed by atoms with E-state index in [-0.39, 0.29) is 0 Å². The topological polar surface area (TPSA) is 3.24 Å². The lowest BCUT2D eigenvalue weighted by Crippen LogP contribution is -2.37. The Morgan fingerprint density at radius 3 is 2.13 bits per heavy atom. The zero-order valence-electron chi connectivity index (χ0n) is 11.1. The van der Waals surface area contributed by atoms with E-state index < -0.39 is 0 Å². The van der Waals surface area contributed by atoms with Crippen molar-refractivity contribution >= 4 is 22.9 Å². The maximum absolute atomic E-state index is 2.48. The maximum atomic E-state index is 2.48. The Morgan fingerprint density at radius 1 is 1.33 bits per heavy atom. The molecule has 3 unspecified atom stereocenters. The molecule has 15 heavy (non-hydrogen) atoms. The SMILES string of the molecule is CCC(C)CC1(C)CC1(C(C)C)N(C)I. The van der Waals surface area contributed by atoms with Crippen molar-refractivity contribution in [3.8, 4) is 0 Å². The summed E-state index contributed by atoms with van der Waals surface area (Å²) in [4.78, 5) is 0. The van der Waals surface area contributed by atoms with Gasteiger partial charge in [-0.1, -0.05) is 41.0 Å². The van der Waals surface area contributed by atoms with Crippen LogP contribution in [-0.4, -0.2) is 15.7 Å². The zero-order chi connectivity index (χ0) is 11.9. The van der Waals surface area contributed by atoms with Crippen LogP contribution in [0.4, 0.5) is 0 Å². The molecule has 0 aromatic carbocycles. The summed E-state index contributed by atoms with van der Waals surface area (Å²) in [7, 11) is 2.24. The van der Waals surface area contributed by atoms with Crippen LogP contribution < -0.4 is 0 Å². The molecule has 1 fully saturated rings. The van der Waals surface area contributed by atoms with E-state index in [9.17, 15) is 0 Å². The third-order valence-corrected chi connectivity index (χ3v) is 5.44. The van der Waals surface area contributed by atoms with Gasteiger partial charge in [0.25, 0.3) is 0 Å². The van der Waals surface area contributed by atoms with Gasteiger partial charge in [0.1, 0.15) is 0 Å². The Balaban J connectivity index is 2.74. The fraction of sp³-hybridized carbons (Fsp3) is 1.00. The highest BCUT2D eigenvalue weighted by Crippen LogP contribution is 2.66. The van der Waals surface area contributed by atoms with Crippen LogP contribution in [0.5, 0.6) is 0 Å². The number of hydrogen-bond donors (Lipinski definition) is 0. The summed E-state index contributed by atoms with van der Waals surface area (Å²) >= 11 is 2.48. The molecule has 0 aromatic heterocycles. The number of nitrogens with zero attached hydrogens (tertiary/aromatic N) is 1. The van der Waals surface area contributed by atoms with Gasteiger partial charge < -0.3 is 0 Å². The fourth-order valence-electron chi connectivity index (χ4n) is 3.45. The largest absolute Gasteiger partial charge is 0.244 e. The van der Waals surface area contributed by atoms with Crippen molar-refractivity contribution in [2.75, 3.05) is 7.05 Å². The molecule has 2 heteroatoms. The Labute approximate surface area is 109 Å². The first-order valence-corrected chi connectivity index (χ1v) is 7.16. The van der Waals surface area contributed by atoms with Gasteiger partial charge in [0.2, 0.25) is 0 Å². The van der Waals surface area contributed by atoms with E-state index in [0.717, 1.165) is 11.8 Å². The van der Waals surface area contributed by atoms with Crippen molar-refractivity contribution in [1.82, 2.24) is 3.11 Å². The molecule has 0 N–H and O–H groups in total. The molecule has 0 radical (unpaired) electrons. The molecule has 0 bridgehead atoms. The van der Waals surface area contributed by atoms with E-state index in [1.807, 2.05) is 0 Å². The summed E-state index contributed by atoms with van der Waals surface area (Å²) < 4.78 is 2.44. The van der Waals surface area contributed by atoms with Gasteiger partial charge in [-0.25, -0.2) is 3.11 Å². The molecule has 0 saturated heterocycles. The Hall–Kier alpha value is 0.690. The lowest BCUT2D eigenvalue weighted by Gasteiger charge is -2.33. The standard InChI is InChI=1S/C13H26IN/c1-7-11(4)8-12(5)9-13(12,10(2)3)15(6)14/h10-11H,7-9H2,1-6H3. The molecule has 1 rings (SSSR count). The van der Waals surface area contributed by atoms with Crippen molar-refractivity contribution < 1.29 is 0 Å². The number of halogens is 1. The molecule has 0 aromatic rings. The molecule has 1 saturated carbocycles. The summed E-state index contributed by atoms with van der Waals surface area (Å²) in [6, 6.07) is 0. The minimum Gasteiger partial charge on any atom is -0.244 e. The van der Waals surface area contributed by atoms with E-state index >= 15 is 0 Å². The minimum atomic E-state index is 0.455. The van der Waals surface area contributed by atoms with Crippen LogP contribution in [0.1, 0.15) is 53.9 Å².